The molecule has 0 bridgehead atoms. The predicted molar refractivity (Wildman–Crippen MR) is 139 cm³/mol. The van der Waals surface area contributed by atoms with Crippen LogP contribution in [0.2, 0.25) is 0 Å². The summed E-state index contributed by atoms with van der Waals surface area (Å²) >= 11 is 0. The van der Waals surface area contributed by atoms with Crippen LogP contribution in [0, 0.1) is 0 Å². The van der Waals surface area contributed by atoms with Gasteiger partial charge in [0.1, 0.15) is 11.6 Å². The van der Waals surface area contributed by atoms with E-state index in [1.54, 1.807) is 22.6 Å². The number of para-hydroxylation sites is 3. The van der Waals surface area contributed by atoms with Crippen molar-refractivity contribution >= 4 is 16.8 Å². The SMILES string of the molecule is CCc1ccc(C(=O)N(CC)C(CC)c2nc3ccccc3c(=O)n2-c2ccccc2OC)cc1. The van der Waals surface area contributed by atoms with Gasteiger partial charge in [-0.1, -0.05) is 50.2 Å². The normalized spacial score (nSPS) is 11.9. The van der Waals surface area contributed by atoms with Gasteiger partial charge in [-0.05, 0) is 61.7 Å². The molecule has 3 aromatic carbocycles. The molecule has 1 amide bonds. The summed E-state index contributed by atoms with van der Waals surface area (Å²) in [6.07, 6.45) is 1.50. The zero-order valence-electron chi connectivity index (χ0n) is 20.7. The third kappa shape index (κ3) is 4.56. The molecule has 6 nitrogen and oxygen atoms in total. The molecule has 0 fully saturated rings. The first-order valence-electron chi connectivity index (χ1n) is 12.1. The average Bonchev–Trinajstić information content (AvgIpc) is 2.91. The lowest BCUT2D eigenvalue weighted by Crippen LogP contribution is -2.38. The van der Waals surface area contributed by atoms with Crippen molar-refractivity contribution in [3.8, 4) is 11.4 Å². The molecule has 4 rings (SSSR count). The molecule has 0 aliphatic rings. The number of carbonyl (C=O) groups is 1. The molecule has 1 atom stereocenters. The van der Waals surface area contributed by atoms with Crippen molar-refractivity contribution in [1.29, 1.82) is 0 Å². The van der Waals surface area contributed by atoms with Crippen LogP contribution in [0.25, 0.3) is 16.6 Å². The molecule has 0 saturated carbocycles. The number of rotatable bonds is 8. The lowest BCUT2D eigenvalue weighted by Gasteiger charge is -2.31. The molecule has 0 N–H and O–H groups in total. The Kier molecular flexibility index (Phi) is 7.30. The van der Waals surface area contributed by atoms with Crippen molar-refractivity contribution in [2.24, 2.45) is 0 Å². The maximum Gasteiger partial charge on any atom is 0.266 e. The van der Waals surface area contributed by atoms with Crippen LogP contribution in [0.5, 0.6) is 5.75 Å². The molecule has 35 heavy (non-hydrogen) atoms. The lowest BCUT2D eigenvalue weighted by atomic mass is 10.1. The number of benzene rings is 3. The smallest absolute Gasteiger partial charge is 0.266 e. The second-order valence-electron chi connectivity index (χ2n) is 8.37. The summed E-state index contributed by atoms with van der Waals surface area (Å²) in [6, 6.07) is 22.0. The van der Waals surface area contributed by atoms with Gasteiger partial charge in [0.05, 0.1) is 29.7 Å². The number of fused-ring (bicyclic) bond motifs is 1. The molecule has 0 radical (unpaired) electrons. The van der Waals surface area contributed by atoms with Gasteiger partial charge < -0.3 is 9.64 Å². The highest BCUT2D eigenvalue weighted by atomic mass is 16.5. The number of hydrogen-bond acceptors (Lipinski definition) is 4. The van der Waals surface area contributed by atoms with Crippen molar-refractivity contribution in [1.82, 2.24) is 14.5 Å². The summed E-state index contributed by atoms with van der Waals surface area (Å²) in [5, 5.41) is 0.515. The molecule has 1 heterocycles. The van der Waals surface area contributed by atoms with Crippen molar-refractivity contribution in [3.63, 3.8) is 0 Å². The van der Waals surface area contributed by atoms with Gasteiger partial charge in [-0.2, -0.15) is 0 Å². The first-order valence-corrected chi connectivity index (χ1v) is 12.1. The number of methoxy groups -OCH3 is 1. The number of ether oxygens (including phenoxy) is 1. The van der Waals surface area contributed by atoms with Crippen molar-refractivity contribution in [3.05, 3.63) is 100 Å². The Morgan fingerprint density at radius 1 is 0.971 bits per heavy atom. The minimum Gasteiger partial charge on any atom is -0.495 e. The van der Waals surface area contributed by atoms with E-state index in [4.69, 9.17) is 9.72 Å². The summed E-state index contributed by atoms with van der Waals surface area (Å²) in [7, 11) is 1.58. The van der Waals surface area contributed by atoms with Gasteiger partial charge in [-0.25, -0.2) is 4.98 Å². The van der Waals surface area contributed by atoms with Gasteiger partial charge in [-0.15, -0.1) is 0 Å². The van der Waals surface area contributed by atoms with Gasteiger partial charge in [0, 0.05) is 12.1 Å². The number of carbonyl (C=O) groups excluding carboxylic acids is 1. The lowest BCUT2D eigenvalue weighted by molar-refractivity contribution is 0.0672. The Morgan fingerprint density at radius 3 is 2.31 bits per heavy atom. The number of aromatic nitrogens is 2. The van der Waals surface area contributed by atoms with Crippen molar-refractivity contribution in [2.45, 2.75) is 39.7 Å². The Labute approximate surface area is 205 Å². The zero-order chi connectivity index (χ0) is 24.9. The summed E-state index contributed by atoms with van der Waals surface area (Å²) in [5.74, 6) is 0.990. The average molecular weight is 470 g/mol. The molecule has 1 unspecified atom stereocenters. The highest BCUT2D eigenvalue weighted by Crippen LogP contribution is 2.30. The quantitative estimate of drug-likeness (QED) is 0.338. The van der Waals surface area contributed by atoms with Gasteiger partial charge in [-0.3, -0.25) is 14.2 Å². The van der Waals surface area contributed by atoms with Crippen LogP contribution in [0.3, 0.4) is 0 Å². The third-order valence-electron chi connectivity index (χ3n) is 6.40. The summed E-state index contributed by atoms with van der Waals surface area (Å²) in [5.41, 5.74) is 2.81. The molecule has 0 aliphatic carbocycles. The van der Waals surface area contributed by atoms with E-state index in [9.17, 15) is 9.59 Å². The third-order valence-corrected chi connectivity index (χ3v) is 6.40. The molecule has 4 aromatic rings. The fourth-order valence-corrected chi connectivity index (χ4v) is 4.52. The first kappa shape index (κ1) is 24.2. The molecule has 6 heteroatoms. The van der Waals surface area contributed by atoms with Crippen LogP contribution in [-0.4, -0.2) is 34.0 Å². The van der Waals surface area contributed by atoms with E-state index < -0.39 is 6.04 Å². The van der Waals surface area contributed by atoms with Crippen LogP contribution in [0.1, 0.15) is 55.0 Å². The monoisotopic (exact) mass is 469 g/mol. The minimum atomic E-state index is -0.416. The van der Waals surface area contributed by atoms with Crippen LogP contribution >= 0.6 is 0 Å². The molecule has 1 aromatic heterocycles. The largest absolute Gasteiger partial charge is 0.495 e. The Balaban J connectivity index is 1.93. The van der Waals surface area contributed by atoms with Crippen molar-refractivity contribution < 1.29 is 9.53 Å². The van der Waals surface area contributed by atoms with E-state index in [0.29, 0.717) is 46.7 Å². The summed E-state index contributed by atoms with van der Waals surface area (Å²) in [4.78, 5) is 34.2. The van der Waals surface area contributed by atoms with Crippen LogP contribution in [0.4, 0.5) is 0 Å². The fraction of sp³-hybridized carbons (Fsp3) is 0.276. The van der Waals surface area contributed by atoms with E-state index in [2.05, 4.69) is 6.92 Å². The Hall–Kier alpha value is -3.93. The zero-order valence-corrected chi connectivity index (χ0v) is 20.7. The van der Waals surface area contributed by atoms with E-state index in [1.807, 2.05) is 80.6 Å². The van der Waals surface area contributed by atoms with E-state index in [1.165, 1.54) is 5.56 Å². The highest BCUT2D eigenvalue weighted by molar-refractivity contribution is 5.94. The van der Waals surface area contributed by atoms with E-state index in [0.717, 1.165) is 6.42 Å². The van der Waals surface area contributed by atoms with Crippen molar-refractivity contribution in [2.75, 3.05) is 13.7 Å². The topological polar surface area (TPSA) is 64.4 Å². The fourth-order valence-electron chi connectivity index (χ4n) is 4.52. The predicted octanol–water partition coefficient (Wildman–Crippen LogP) is 5.57. The summed E-state index contributed by atoms with van der Waals surface area (Å²) < 4.78 is 7.20. The van der Waals surface area contributed by atoms with E-state index in [-0.39, 0.29) is 11.5 Å². The summed E-state index contributed by atoms with van der Waals surface area (Å²) in [6.45, 7) is 6.52. The van der Waals surface area contributed by atoms with Crippen LogP contribution in [-0.2, 0) is 6.42 Å². The second kappa shape index (κ2) is 10.6. The Morgan fingerprint density at radius 2 is 1.66 bits per heavy atom. The number of aryl methyl sites for hydroxylation is 1. The molecule has 0 aliphatic heterocycles. The van der Waals surface area contributed by atoms with Crippen LogP contribution in [0.15, 0.2) is 77.6 Å². The Bertz CT molecular complexity index is 1390. The minimum absolute atomic E-state index is 0.0870. The number of amides is 1. The maximum absolute atomic E-state index is 13.8. The molecular formula is C29H31N3O3. The standard InChI is InChI=1S/C29H31N3O3/c1-5-20-16-18-21(19-17-20)28(33)31(7-3)24(6-2)27-30-23-13-9-8-12-22(23)29(34)32(27)25-14-10-11-15-26(25)35-4/h8-19,24H,5-7H2,1-4H3. The molecule has 0 saturated heterocycles. The van der Waals surface area contributed by atoms with Crippen LogP contribution < -0.4 is 10.3 Å². The second-order valence-corrected chi connectivity index (χ2v) is 8.37. The van der Waals surface area contributed by atoms with Gasteiger partial charge in [0.15, 0.2) is 0 Å². The van der Waals surface area contributed by atoms with Gasteiger partial charge >= 0.3 is 0 Å². The number of hydrogen-bond donors (Lipinski definition) is 0. The molecule has 0 spiro atoms. The molecular weight excluding hydrogens is 438 g/mol. The van der Waals surface area contributed by atoms with E-state index >= 15 is 0 Å². The van der Waals surface area contributed by atoms with Gasteiger partial charge in [0.25, 0.3) is 11.5 Å². The first-order chi connectivity index (χ1) is 17.0. The van der Waals surface area contributed by atoms with Gasteiger partial charge in [0.2, 0.25) is 0 Å². The highest BCUT2D eigenvalue weighted by Gasteiger charge is 2.29. The number of nitrogens with zero attached hydrogens (tertiary/aromatic N) is 3. The molecule has 180 valence electrons. The maximum atomic E-state index is 13.8.